The van der Waals surface area contributed by atoms with Crippen LogP contribution < -0.4 is 0 Å². The van der Waals surface area contributed by atoms with Crippen molar-refractivity contribution in [3.05, 3.63) is 10.7 Å². The lowest BCUT2D eigenvalue weighted by Crippen LogP contribution is -2.15. The highest BCUT2D eigenvalue weighted by Gasteiger charge is 2.22. The van der Waals surface area contributed by atoms with Crippen LogP contribution in [0.2, 0.25) is 5.15 Å². The first-order valence-corrected chi connectivity index (χ1v) is 8.27. The third-order valence-electron chi connectivity index (χ3n) is 3.30. The van der Waals surface area contributed by atoms with Crippen LogP contribution >= 0.6 is 34.9 Å². The Hall–Kier alpha value is -1.17. The maximum absolute atomic E-state index is 9.10. The van der Waals surface area contributed by atoms with E-state index in [1.54, 1.807) is 0 Å². The van der Waals surface area contributed by atoms with E-state index in [0.717, 1.165) is 17.1 Å². The van der Waals surface area contributed by atoms with Crippen molar-refractivity contribution in [2.75, 3.05) is 0 Å². The van der Waals surface area contributed by atoms with Crippen molar-refractivity contribution in [1.29, 1.82) is 5.26 Å². The summed E-state index contributed by atoms with van der Waals surface area (Å²) in [6, 6.07) is 2.43. The van der Waals surface area contributed by atoms with Crippen molar-refractivity contribution in [2.45, 2.75) is 47.5 Å². The number of nitriles is 1. The molecule has 0 unspecified atom stereocenters. The molecule has 0 amide bonds. The van der Waals surface area contributed by atoms with Crippen LogP contribution in [0.15, 0.2) is 9.37 Å². The Morgan fingerprint density at radius 1 is 1.35 bits per heavy atom. The summed E-state index contributed by atoms with van der Waals surface area (Å²) in [4.78, 5) is 0. The Bertz CT molecular complexity index is 640. The van der Waals surface area contributed by atoms with Gasteiger partial charge in [0.05, 0.1) is 6.04 Å². The summed E-state index contributed by atoms with van der Waals surface area (Å²) in [5.74, 6) is 0. The van der Waals surface area contributed by atoms with Gasteiger partial charge < -0.3 is 0 Å². The van der Waals surface area contributed by atoms with Crippen molar-refractivity contribution in [3.8, 4) is 6.07 Å². The largest absolute Gasteiger partial charge is 0.217 e. The van der Waals surface area contributed by atoms with E-state index in [-0.39, 0.29) is 5.15 Å². The summed E-state index contributed by atoms with van der Waals surface area (Å²) < 4.78 is 6.61. The van der Waals surface area contributed by atoms with Gasteiger partial charge in [0.25, 0.3) is 0 Å². The van der Waals surface area contributed by atoms with Crippen LogP contribution in [0, 0.1) is 11.3 Å². The highest BCUT2D eigenvalue weighted by molar-refractivity contribution is 8.01. The minimum atomic E-state index is 0.247. The number of aromatic nitrogens is 5. The molecule has 0 bridgehead atoms. The van der Waals surface area contributed by atoms with Crippen LogP contribution in [0.4, 0.5) is 0 Å². The molecule has 0 aromatic carbocycles. The number of tetrazole rings is 1. The lowest BCUT2D eigenvalue weighted by Gasteiger charge is -2.21. The first-order valence-electron chi connectivity index (χ1n) is 6.30. The van der Waals surface area contributed by atoms with Crippen LogP contribution in [0.3, 0.4) is 0 Å². The van der Waals surface area contributed by atoms with Gasteiger partial charge in [-0.3, -0.25) is 0 Å². The monoisotopic (exact) mass is 326 g/mol. The molecule has 1 aliphatic carbocycles. The molecule has 0 N–H and O–H groups in total. The Labute approximate surface area is 129 Å². The fraction of sp³-hybridized carbons (Fsp3) is 0.545. The third-order valence-corrected chi connectivity index (χ3v) is 5.63. The molecular weight excluding hydrogens is 316 g/mol. The Morgan fingerprint density at radius 3 is 2.90 bits per heavy atom. The fourth-order valence-corrected chi connectivity index (χ4v) is 4.40. The van der Waals surface area contributed by atoms with Gasteiger partial charge in [-0.15, -0.1) is 5.10 Å². The number of hydrogen-bond donors (Lipinski definition) is 0. The number of halogens is 1. The van der Waals surface area contributed by atoms with Crippen molar-refractivity contribution in [2.24, 2.45) is 0 Å². The summed E-state index contributed by atoms with van der Waals surface area (Å²) in [5, 5.41) is 22.0. The van der Waals surface area contributed by atoms with Crippen LogP contribution in [-0.4, -0.2) is 24.6 Å². The molecule has 2 heterocycles. The Morgan fingerprint density at radius 2 is 2.15 bits per heavy atom. The molecule has 20 heavy (non-hydrogen) atoms. The van der Waals surface area contributed by atoms with Crippen LogP contribution in [0.1, 0.15) is 43.7 Å². The molecule has 0 saturated heterocycles. The second kappa shape index (κ2) is 6.08. The molecule has 6 nitrogen and oxygen atoms in total. The summed E-state index contributed by atoms with van der Waals surface area (Å²) in [6.07, 6.45) is 5.92. The topological polar surface area (TPSA) is 80.3 Å². The van der Waals surface area contributed by atoms with Gasteiger partial charge in [0.1, 0.15) is 15.8 Å². The zero-order chi connectivity index (χ0) is 13.9. The van der Waals surface area contributed by atoms with Gasteiger partial charge in [-0.1, -0.05) is 30.9 Å². The third kappa shape index (κ3) is 2.66. The minimum absolute atomic E-state index is 0.247. The molecule has 1 aliphatic rings. The van der Waals surface area contributed by atoms with Gasteiger partial charge >= 0.3 is 0 Å². The lowest BCUT2D eigenvalue weighted by molar-refractivity contribution is 0.307. The molecule has 2 aromatic heterocycles. The molecule has 1 saturated carbocycles. The van der Waals surface area contributed by atoms with Crippen LogP contribution in [0.25, 0.3) is 0 Å². The molecule has 0 aliphatic heterocycles. The molecular formula is C11H11ClN6S2. The predicted molar refractivity (Wildman–Crippen MR) is 75.9 cm³/mol. The van der Waals surface area contributed by atoms with Gasteiger partial charge in [0.15, 0.2) is 5.15 Å². The van der Waals surface area contributed by atoms with Crippen LogP contribution in [0.5, 0.6) is 0 Å². The first-order chi connectivity index (χ1) is 9.79. The maximum Gasteiger partial charge on any atom is 0.215 e. The normalized spacial score (nSPS) is 16.2. The second-order valence-corrected chi connectivity index (χ2v) is 6.91. The molecule has 0 spiro atoms. The number of nitrogens with zero attached hydrogens (tertiary/aromatic N) is 6. The summed E-state index contributed by atoms with van der Waals surface area (Å²) >= 11 is 8.45. The standard InChI is InChI=1S/C11H11ClN6S2/c12-9-8(6-13)10(20-15-9)19-11-14-16-17-18(11)7-4-2-1-3-5-7/h7H,1-5H2. The Balaban J connectivity index is 1.84. The van der Waals surface area contributed by atoms with Gasteiger partial charge in [0, 0.05) is 0 Å². The van der Waals surface area contributed by atoms with E-state index in [2.05, 4.69) is 26.0 Å². The van der Waals surface area contributed by atoms with Gasteiger partial charge in [0.2, 0.25) is 5.16 Å². The summed E-state index contributed by atoms with van der Waals surface area (Å²) in [7, 11) is 0. The molecule has 9 heteroatoms. The van der Waals surface area contributed by atoms with Crippen molar-refractivity contribution >= 4 is 34.9 Å². The highest BCUT2D eigenvalue weighted by Crippen LogP contribution is 2.37. The summed E-state index contributed by atoms with van der Waals surface area (Å²) in [6.45, 7) is 0. The quantitative estimate of drug-likeness (QED) is 0.860. The molecule has 0 radical (unpaired) electrons. The van der Waals surface area contributed by atoms with Crippen LogP contribution in [-0.2, 0) is 0 Å². The smallest absolute Gasteiger partial charge is 0.215 e. The van der Waals surface area contributed by atoms with E-state index in [1.807, 2.05) is 4.68 Å². The van der Waals surface area contributed by atoms with E-state index < -0.39 is 0 Å². The van der Waals surface area contributed by atoms with Crippen molar-refractivity contribution in [3.63, 3.8) is 0 Å². The molecule has 3 rings (SSSR count). The fourth-order valence-electron chi connectivity index (χ4n) is 2.31. The molecule has 0 atom stereocenters. The molecule has 104 valence electrons. The van der Waals surface area contributed by atoms with E-state index in [9.17, 15) is 0 Å². The van der Waals surface area contributed by atoms with E-state index >= 15 is 0 Å². The minimum Gasteiger partial charge on any atom is -0.217 e. The van der Waals surface area contributed by atoms with Crippen molar-refractivity contribution < 1.29 is 0 Å². The zero-order valence-electron chi connectivity index (χ0n) is 10.5. The summed E-state index contributed by atoms with van der Waals surface area (Å²) in [5.41, 5.74) is 0.403. The van der Waals surface area contributed by atoms with E-state index in [1.165, 1.54) is 42.6 Å². The van der Waals surface area contributed by atoms with E-state index in [0.29, 0.717) is 16.8 Å². The van der Waals surface area contributed by atoms with Gasteiger partial charge in [-0.2, -0.15) is 9.64 Å². The van der Waals surface area contributed by atoms with Gasteiger partial charge in [-0.25, -0.2) is 4.68 Å². The van der Waals surface area contributed by atoms with E-state index in [4.69, 9.17) is 16.9 Å². The molecule has 1 fully saturated rings. The maximum atomic E-state index is 9.10. The average Bonchev–Trinajstić information content (AvgIpc) is 3.07. The van der Waals surface area contributed by atoms with Gasteiger partial charge in [-0.05, 0) is 46.6 Å². The molecule has 2 aromatic rings. The SMILES string of the molecule is N#Cc1c(Cl)nsc1Sc1nnnn1C1CCCCC1. The second-order valence-electron chi connectivity index (χ2n) is 4.55. The lowest BCUT2D eigenvalue weighted by atomic mass is 9.96. The first kappa shape index (κ1) is 13.8. The zero-order valence-corrected chi connectivity index (χ0v) is 12.9. The highest BCUT2D eigenvalue weighted by atomic mass is 35.5. The average molecular weight is 327 g/mol. The predicted octanol–water partition coefficient (Wildman–Crippen LogP) is 3.31. The van der Waals surface area contributed by atoms with Crippen molar-refractivity contribution in [1.82, 2.24) is 24.6 Å². The number of hydrogen-bond acceptors (Lipinski definition) is 7. The Kier molecular flexibility index (Phi) is 4.19. The number of rotatable bonds is 3.